The summed E-state index contributed by atoms with van der Waals surface area (Å²) in [4.78, 5) is 48.0. The Balaban J connectivity index is 1.57. The minimum absolute atomic E-state index is 0.0269. The van der Waals surface area contributed by atoms with E-state index in [1.807, 2.05) is 55.5 Å². The summed E-state index contributed by atoms with van der Waals surface area (Å²) >= 11 is 0. The van der Waals surface area contributed by atoms with Crippen molar-refractivity contribution in [1.82, 2.24) is 10.6 Å². The van der Waals surface area contributed by atoms with E-state index in [4.69, 9.17) is 4.74 Å². The van der Waals surface area contributed by atoms with Crippen LogP contribution in [0, 0.1) is 5.92 Å². The van der Waals surface area contributed by atoms with Crippen molar-refractivity contribution in [3.05, 3.63) is 59.7 Å². The number of benzene rings is 2. The van der Waals surface area contributed by atoms with Gasteiger partial charge in [0, 0.05) is 12.5 Å². The Morgan fingerprint density at radius 2 is 1.60 bits per heavy atom. The van der Waals surface area contributed by atoms with Crippen molar-refractivity contribution < 1.29 is 33.8 Å². The lowest BCUT2D eigenvalue weighted by atomic mass is 9.98. The van der Waals surface area contributed by atoms with Crippen molar-refractivity contribution in [3.8, 4) is 11.1 Å². The van der Waals surface area contributed by atoms with Gasteiger partial charge in [0.25, 0.3) is 0 Å². The highest BCUT2D eigenvalue weighted by Crippen LogP contribution is 2.44. The Hall–Kier alpha value is -3.88. The van der Waals surface area contributed by atoms with Crippen LogP contribution in [0.1, 0.15) is 43.2 Å². The van der Waals surface area contributed by atoms with E-state index in [1.54, 1.807) is 0 Å². The molecule has 2 aromatic carbocycles. The first-order valence-electron chi connectivity index (χ1n) is 11.5. The SMILES string of the molecule is CCCC(CNC(=O)OCC1c2ccccc2-c2ccccc21)C(=O)N[C@@H](CC(=O)OC)C(=O)O. The number of rotatable bonds is 11. The Morgan fingerprint density at radius 1 is 1.00 bits per heavy atom. The van der Waals surface area contributed by atoms with Crippen LogP contribution in [0.25, 0.3) is 11.1 Å². The molecule has 3 rings (SSSR count). The number of hydrogen-bond acceptors (Lipinski definition) is 6. The standard InChI is InChI=1S/C26H30N2O7/c1-3-8-16(24(30)28-22(25(31)32)13-23(29)34-2)14-27-26(33)35-15-21-19-11-6-4-9-17(19)18-10-5-7-12-20(18)21/h4-7,9-12,16,21-22H,3,8,13-15H2,1-2H3,(H,27,33)(H,28,30)(H,31,32)/t16?,22-/m0/s1. The number of aliphatic carboxylic acids is 1. The highest BCUT2D eigenvalue weighted by atomic mass is 16.5. The van der Waals surface area contributed by atoms with E-state index in [0.717, 1.165) is 29.4 Å². The summed E-state index contributed by atoms with van der Waals surface area (Å²) in [6.45, 7) is 1.99. The van der Waals surface area contributed by atoms with Crippen LogP contribution < -0.4 is 10.6 Å². The average Bonchev–Trinajstić information content (AvgIpc) is 3.18. The fourth-order valence-electron chi connectivity index (χ4n) is 4.27. The van der Waals surface area contributed by atoms with Gasteiger partial charge in [0.15, 0.2) is 0 Å². The third-order valence-corrected chi connectivity index (χ3v) is 6.06. The van der Waals surface area contributed by atoms with E-state index in [9.17, 15) is 24.3 Å². The molecule has 0 fully saturated rings. The maximum absolute atomic E-state index is 12.7. The number of ether oxygens (including phenoxy) is 2. The van der Waals surface area contributed by atoms with Gasteiger partial charge in [-0.3, -0.25) is 9.59 Å². The first kappa shape index (κ1) is 25.7. The van der Waals surface area contributed by atoms with Crippen LogP contribution in [0.3, 0.4) is 0 Å². The number of carboxylic acid groups (broad SMARTS) is 1. The lowest BCUT2D eigenvalue weighted by Gasteiger charge is -2.20. The summed E-state index contributed by atoms with van der Waals surface area (Å²) < 4.78 is 9.98. The van der Waals surface area contributed by atoms with Crippen molar-refractivity contribution in [2.24, 2.45) is 5.92 Å². The van der Waals surface area contributed by atoms with Crippen molar-refractivity contribution >= 4 is 23.9 Å². The lowest BCUT2D eigenvalue weighted by Crippen LogP contribution is -2.47. The van der Waals surface area contributed by atoms with E-state index in [1.165, 1.54) is 0 Å². The number of carbonyl (C=O) groups is 4. The zero-order chi connectivity index (χ0) is 25.4. The second-order valence-corrected chi connectivity index (χ2v) is 8.37. The molecular formula is C26H30N2O7. The number of esters is 1. The molecule has 0 saturated heterocycles. The smallest absolute Gasteiger partial charge is 0.407 e. The van der Waals surface area contributed by atoms with Crippen molar-refractivity contribution in [1.29, 1.82) is 0 Å². The van der Waals surface area contributed by atoms with Gasteiger partial charge in [0.05, 0.1) is 19.4 Å². The van der Waals surface area contributed by atoms with Crippen molar-refractivity contribution in [3.63, 3.8) is 0 Å². The normalized spacial score (nSPS) is 13.7. The zero-order valence-electron chi connectivity index (χ0n) is 19.8. The number of hydrogen-bond donors (Lipinski definition) is 3. The maximum Gasteiger partial charge on any atom is 0.407 e. The van der Waals surface area contributed by atoms with E-state index in [-0.39, 0.29) is 19.1 Å². The molecule has 1 unspecified atom stereocenters. The average molecular weight is 483 g/mol. The Morgan fingerprint density at radius 3 is 2.14 bits per heavy atom. The molecule has 1 aliphatic carbocycles. The molecular weight excluding hydrogens is 452 g/mol. The second-order valence-electron chi connectivity index (χ2n) is 8.37. The van der Waals surface area contributed by atoms with Gasteiger partial charge in [-0.2, -0.15) is 0 Å². The van der Waals surface area contributed by atoms with Crippen LogP contribution in [-0.4, -0.2) is 55.3 Å². The van der Waals surface area contributed by atoms with Crippen LogP contribution >= 0.6 is 0 Å². The van der Waals surface area contributed by atoms with Crippen LogP contribution in [0.15, 0.2) is 48.5 Å². The molecule has 35 heavy (non-hydrogen) atoms. The number of nitrogens with one attached hydrogen (secondary N) is 2. The Kier molecular flexibility index (Phi) is 8.83. The zero-order valence-corrected chi connectivity index (χ0v) is 19.8. The quantitative estimate of drug-likeness (QED) is 0.420. The topological polar surface area (TPSA) is 131 Å². The van der Waals surface area contributed by atoms with E-state index >= 15 is 0 Å². The van der Waals surface area contributed by atoms with Crippen molar-refractivity contribution in [2.45, 2.75) is 38.1 Å². The molecule has 2 atom stereocenters. The number of alkyl carbamates (subject to hydrolysis) is 1. The number of carbonyl (C=O) groups excluding carboxylic acids is 3. The summed E-state index contributed by atoms with van der Waals surface area (Å²) in [7, 11) is 1.14. The van der Waals surface area contributed by atoms with Gasteiger partial charge in [-0.1, -0.05) is 61.9 Å². The first-order valence-corrected chi connectivity index (χ1v) is 11.5. The van der Waals surface area contributed by atoms with E-state index in [2.05, 4.69) is 15.4 Å². The number of fused-ring (bicyclic) bond motifs is 3. The monoisotopic (exact) mass is 482 g/mol. The largest absolute Gasteiger partial charge is 0.480 e. The molecule has 186 valence electrons. The highest BCUT2D eigenvalue weighted by Gasteiger charge is 2.30. The third kappa shape index (κ3) is 6.38. The molecule has 0 radical (unpaired) electrons. The van der Waals surface area contributed by atoms with Gasteiger partial charge < -0.3 is 25.2 Å². The van der Waals surface area contributed by atoms with Crippen LogP contribution in [0.5, 0.6) is 0 Å². The molecule has 9 heteroatoms. The third-order valence-electron chi connectivity index (χ3n) is 6.06. The summed E-state index contributed by atoms with van der Waals surface area (Å²) in [5.41, 5.74) is 4.43. The predicted molar refractivity (Wildman–Crippen MR) is 128 cm³/mol. The van der Waals surface area contributed by atoms with Crippen LogP contribution in [0.2, 0.25) is 0 Å². The number of carboxylic acids is 1. The summed E-state index contributed by atoms with van der Waals surface area (Å²) in [5, 5.41) is 14.3. The Labute approximate surface area is 203 Å². The van der Waals surface area contributed by atoms with Crippen molar-refractivity contribution in [2.75, 3.05) is 20.3 Å². The fraction of sp³-hybridized carbons (Fsp3) is 0.385. The fourth-order valence-corrected chi connectivity index (χ4v) is 4.27. The molecule has 0 aromatic heterocycles. The number of amides is 2. The minimum Gasteiger partial charge on any atom is -0.480 e. The Bertz CT molecular complexity index is 1040. The summed E-state index contributed by atoms with van der Waals surface area (Å²) in [6, 6.07) is 14.6. The van der Waals surface area contributed by atoms with E-state index < -0.39 is 42.3 Å². The second kappa shape index (κ2) is 12.0. The van der Waals surface area contributed by atoms with Gasteiger partial charge in [-0.25, -0.2) is 9.59 Å². The summed E-state index contributed by atoms with van der Waals surface area (Å²) in [5.74, 6) is -3.43. The first-order chi connectivity index (χ1) is 16.8. The van der Waals surface area contributed by atoms with Crippen LogP contribution in [0.4, 0.5) is 4.79 Å². The molecule has 0 saturated carbocycles. The van der Waals surface area contributed by atoms with Gasteiger partial charge in [0.1, 0.15) is 12.6 Å². The molecule has 0 aliphatic heterocycles. The van der Waals surface area contributed by atoms with Gasteiger partial charge in [-0.15, -0.1) is 0 Å². The molecule has 0 bridgehead atoms. The molecule has 3 N–H and O–H groups in total. The predicted octanol–water partition coefficient (Wildman–Crippen LogP) is 3.07. The maximum atomic E-state index is 12.7. The van der Waals surface area contributed by atoms with Gasteiger partial charge >= 0.3 is 18.0 Å². The molecule has 9 nitrogen and oxygen atoms in total. The number of methoxy groups -OCH3 is 1. The molecule has 2 amide bonds. The van der Waals surface area contributed by atoms with Gasteiger partial charge in [-0.05, 0) is 28.7 Å². The molecule has 0 spiro atoms. The van der Waals surface area contributed by atoms with Crippen LogP contribution in [-0.2, 0) is 23.9 Å². The highest BCUT2D eigenvalue weighted by molar-refractivity contribution is 5.88. The summed E-state index contributed by atoms with van der Waals surface area (Å²) in [6.07, 6.45) is -0.0970. The lowest BCUT2D eigenvalue weighted by molar-refractivity contribution is -0.149. The molecule has 1 aliphatic rings. The van der Waals surface area contributed by atoms with Gasteiger partial charge in [0.2, 0.25) is 5.91 Å². The molecule has 2 aromatic rings. The minimum atomic E-state index is -1.41. The molecule has 0 heterocycles. The van der Waals surface area contributed by atoms with E-state index in [0.29, 0.717) is 12.8 Å².